The molecule has 28 heavy (non-hydrogen) atoms. The Hall–Kier alpha value is -2.34. The number of hydrogen-bond donors (Lipinski definition) is 1. The number of pyridine rings is 1. The number of aliphatic carboxylic acids is 1. The van der Waals surface area contributed by atoms with Gasteiger partial charge in [-0.2, -0.15) is 0 Å². The fraction of sp³-hybridized carbons (Fsp3) is 0.455. The molecule has 4 rings (SSSR count). The highest BCUT2D eigenvalue weighted by Gasteiger charge is 2.50. The smallest absolute Gasteiger partial charge is 0.314 e. The molecule has 2 aromatic rings. The monoisotopic (exact) mass is 387 g/mol. The van der Waals surface area contributed by atoms with Crippen molar-refractivity contribution < 1.29 is 23.4 Å². The van der Waals surface area contributed by atoms with Crippen molar-refractivity contribution in [3.05, 3.63) is 65.5 Å². The number of benzene rings is 1. The number of rotatable bonds is 6. The maximum absolute atomic E-state index is 13.4. The molecule has 0 atom stereocenters. The lowest BCUT2D eigenvalue weighted by atomic mass is 9.64. The van der Waals surface area contributed by atoms with E-state index in [4.69, 9.17) is 4.74 Å². The maximum Gasteiger partial charge on any atom is 0.314 e. The second-order valence-electron chi connectivity index (χ2n) is 8.00. The summed E-state index contributed by atoms with van der Waals surface area (Å²) < 4.78 is 33.0. The van der Waals surface area contributed by atoms with Gasteiger partial charge in [-0.25, -0.2) is 8.78 Å². The SMILES string of the molecule is O=C(O)[C@]1(c2ccc(F)cc2)CC[C@@](OCC2CC2)(c2ccc(F)cn2)CC1. The Labute approximate surface area is 162 Å². The molecule has 2 aliphatic carbocycles. The molecule has 0 radical (unpaired) electrons. The van der Waals surface area contributed by atoms with E-state index in [0.29, 0.717) is 49.5 Å². The van der Waals surface area contributed by atoms with Crippen molar-refractivity contribution in [1.29, 1.82) is 0 Å². The molecule has 6 heteroatoms. The van der Waals surface area contributed by atoms with E-state index < -0.39 is 28.6 Å². The summed E-state index contributed by atoms with van der Waals surface area (Å²) in [5, 5.41) is 10.0. The average Bonchev–Trinajstić information content (AvgIpc) is 3.52. The van der Waals surface area contributed by atoms with Crippen LogP contribution in [0.5, 0.6) is 0 Å². The zero-order valence-corrected chi connectivity index (χ0v) is 15.5. The zero-order valence-electron chi connectivity index (χ0n) is 15.5. The molecule has 0 amide bonds. The van der Waals surface area contributed by atoms with Crippen LogP contribution in [0.4, 0.5) is 8.78 Å². The highest BCUT2D eigenvalue weighted by Crippen LogP contribution is 2.49. The number of nitrogens with zero attached hydrogens (tertiary/aromatic N) is 1. The van der Waals surface area contributed by atoms with Crippen molar-refractivity contribution in [3.63, 3.8) is 0 Å². The molecule has 1 heterocycles. The van der Waals surface area contributed by atoms with E-state index in [0.717, 1.165) is 12.8 Å². The Bertz CT molecular complexity index is 839. The fourth-order valence-electron chi connectivity index (χ4n) is 4.16. The average molecular weight is 387 g/mol. The second kappa shape index (κ2) is 7.24. The first kappa shape index (κ1) is 19.0. The van der Waals surface area contributed by atoms with Gasteiger partial charge in [0.15, 0.2) is 0 Å². The Morgan fingerprint density at radius 1 is 1.04 bits per heavy atom. The van der Waals surface area contributed by atoms with E-state index in [1.165, 1.54) is 24.4 Å². The summed E-state index contributed by atoms with van der Waals surface area (Å²) in [5.74, 6) is -1.18. The molecule has 2 aliphatic rings. The third-order valence-electron chi connectivity index (χ3n) is 6.20. The molecule has 0 aliphatic heterocycles. The molecule has 4 nitrogen and oxygen atoms in total. The van der Waals surface area contributed by atoms with Crippen LogP contribution in [0.25, 0.3) is 0 Å². The third-order valence-corrected chi connectivity index (χ3v) is 6.20. The van der Waals surface area contributed by atoms with Gasteiger partial charge in [-0.15, -0.1) is 0 Å². The first-order valence-electron chi connectivity index (χ1n) is 9.69. The first-order valence-corrected chi connectivity index (χ1v) is 9.69. The van der Waals surface area contributed by atoms with E-state index in [1.807, 2.05) is 0 Å². The van der Waals surface area contributed by atoms with Gasteiger partial charge in [-0.1, -0.05) is 12.1 Å². The van der Waals surface area contributed by atoms with Crippen LogP contribution in [0.15, 0.2) is 42.6 Å². The van der Waals surface area contributed by atoms with Crippen molar-refractivity contribution in [2.75, 3.05) is 6.61 Å². The molecule has 2 saturated carbocycles. The van der Waals surface area contributed by atoms with Crippen LogP contribution in [0.2, 0.25) is 0 Å². The molecule has 148 valence electrons. The van der Waals surface area contributed by atoms with Gasteiger partial charge in [0, 0.05) is 0 Å². The van der Waals surface area contributed by atoms with Gasteiger partial charge in [-0.05, 0) is 74.3 Å². The lowest BCUT2D eigenvalue weighted by Crippen LogP contribution is -2.46. The normalized spacial score (nSPS) is 27.5. The van der Waals surface area contributed by atoms with E-state index in [2.05, 4.69) is 4.98 Å². The summed E-state index contributed by atoms with van der Waals surface area (Å²) in [4.78, 5) is 16.5. The third kappa shape index (κ3) is 3.53. The molecule has 1 aromatic carbocycles. The molecule has 2 fully saturated rings. The van der Waals surface area contributed by atoms with Gasteiger partial charge < -0.3 is 9.84 Å². The number of carbonyl (C=O) groups is 1. The van der Waals surface area contributed by atoms with E-state index in [9.17, 15) is 18.7 Å². The predicted octanol–water partition coefficient (Wildman–Crippen LogP) is 4.58. The lowest BCUT2D eigenvalue weighted by Gasteiger charge is -2.44. The van der Waals surface area contributed by atoms with Crippen LogP contribution >= 0.6 is 0 Å². The maximum atomic E-state index is 13.4. The summed E-state index contributed by atoms with van der Waals surface area (Å²) in [5.41, 5.74) is -0.549. The molecule has 1 aromatic heterocycles. The number of aromatic nitrogens is 1. The number of halogens is 2. The van der Waals surface area contributed by atoms with Gasteiger partial charge in [-0.3, -0.25) is 9.78 Å². The molecule has 0 saturated heterocycles. The zero-order chi connectivity index (χ0) is 19.8. The van der Waals surface area contributed by atoms with Crippen LogP contribution in [-0.4, -0.2) is 22.7 Å². The molecule has 0 spiro atoms. The number of carboxylic acids is 1. The first-order chi connectivity index (χ1) is 13.4. The largest absolute Gasteiger partial charge is 0.481 e. The highest BCUT2D eigenvalue weighted by atomic mass is 19.1. The summed E-state index contributed by atoms with van der Waals surface area (Å²) in [6, 6.07) is 8.70. The molecular formula is C22H23F2NO3. The minimum atomic E-state index is -1.08. The molecule has 0 unspecified atom stereocenters. The summed E-state index contributed by atoms with van der Waals surface area (Å²) in [7, 11) is 0. The molecular weight excluding hydrogens is 364 g/mol. The van der Waals surface area contributed by atoms with Crippen LogP contribution in [0, 0.1) is 17.6 Å². The van der Waals surface area contributed by atoms with Crippen LogP contribution in [0.3, 0.4) is 0 Å². The van der Waals surface area contributed by atoms with Crippen molar-refractivity contribution in [1.82, 2.24) is 4.98 Å². The lowest BCUT2D eigenvalue weighted by molar-refractivity contribution is -0.151. The minimum Gasteiger partial charge on any atom is -0.481 e. The quantitative estimate of drug-likeness (QED) is 0.788. The number of carboxylic acid groups (broad SMARTS) is 1. The van der Waals surface area contributed by atoms with E-state index in [1.54, 1.807) is 18.2 Å². The van der Waals surface area contributed by atoms with Crippen LogP contribution in [0.1, 0.15) is 49.8 Å². The van der Waals surface area contributed by atoms with E-state index >= 15 is 0 Å². The topological polar surface area (TPSA) is 59.4 Å². The molecule has 0 bridgehead atoms. The Balaban J connectivity index is 1.63. The summed E-state index contributed by atoms with van der Waals surface area (Å²) in [6.45, 7) is 0.607. The highest BCUT2D eigenvalue weighted by molar-refractivity contribution is 5.81. The van der Waals surface area contributed by atoms with Crippen molar-refractivity contribution >= 4 is 5.97 Å². The minimum absolute atomic E-state index is 0.345. The van der Waals surface area contributed by atoms with Gasteiger partial charge >= 0.3 is 5.97 Å². The molecule has 1 N–H and O–H groups in total. The Kier molecular flexibility index (Phi) is 4.91. The van der Waals surface area contributed by atoms with Crippen LogP contribution in [-0.2, 0) is 20.5 Å². The van der Waals surface area contributed by atoms with Crippen LogP contribution < -0.4 is 0 Å². The summed E-state index contributed by atoms with van der Waals surface area (Å²) in [6.07, 6.45) is 5.07. The van der Waals surface area contributed by atoms with Gasteiger partial charge in [0.05, 0.1) is 23.9 Å². The Morgan fingerprint density at radius 3 is 2.21 bits per heavy atom. The van der Waals surface area contributed by atoms with Gasteiger partial charge in [0.1, 0.15) is 17.2 Å². The van der Waals surface area contributed by atoms with Crippen molar-refractivity contribution in [2.24, 2.45) is 5.92 Å². The standard InChI is InChI=1S/C22H23F2NO3/c23-17-5-3-16(4-6-17)21(20(26)27)9-11-22(12-10-21,28-14-15-1-2-15)19-8-7-18(24)13-25-19/h3-8,13,15H,1-2,9-12,14H2,(H,26,27)/t21-,22+. The van der Waals surface area contributed by atoms with Crippen molar-refractivity contribution in [3.8, 4) is 0 Å². The second-order valence-corrected chi connectivity index (χ2v) is 8.00. The Morgan fingerprint density at radius 2 is 1.68 bits per heavy atom. The fourth-order valence-corrected chi connectivity index (χ4v) is 4.16. The van der Waals surface area contributed by atoms with E-state index in [-0.39, 0.29) is 0 Å². The van der Waals surface area contributed by atoms with Crippen molar-refractivity contribution in [2.45, 2.75) is 49.5 Å². The predicted molar refractivity (Wildman–Crippen MR) is 98.7 cm³/mol. The summed E-state index contributed by atoms with van der Waals surface area (Å²) >= 11 is 0. The van der Waals surface area contributed by atoms with Gasteiger partial charge in [0.25, 0.3) is 0 Å². The van der Waals surface area contributed by atoms with Gasteiger partial charge in [0.2, 0.25) is 0 Å². The number of ether oxygens (including phenoxy) is 1. The number of hydrogen-bond acceptors (Lipinski definition) is 3.